The number of methoxy groups -OCH3 is 1. The van der Waals surface area contributed by atoms with Crippen molar-refractivity contribution in [2.24, 2.45) is 0 Å². The second-order valence-corrected chi connectivity index (χ2v) is 4.70. The van der Waals surface area contributed by atoms with Crippen molar-refractivity contribution >= 4 is 11.8 Å². The summed E-state index contributed by atoms with van der Waals surface area (Å²) >= 11 is 0. The Morgan fingerprint density at radius 2 is 1.55 bits per heavy atom. The fourth-order valence-electron chi connectivity index (χ4n) is 2.16. The third kappa shape index (κ3) is 2.58. The van der Waals surface area contributed by atoms with E-state index in [0.29, 0.717) is 5.56 Å². The second-order valence-electron chi connectivity index (χ2n) is 4.70. The van der Waals surface area contributed by atoms with Gasteiger partial charge in [0.1, 0.15) is 22.8 Å². The summed E-state index contributed by atoms with van der Waals surface area (Å²) in [5.41, 5.74) is -0.329. The van der Waals surface area contributed by atoms with Crippen LogP contribution in [-0.4, -0.2) is 34.2 Å². The molecule has 0 amide bonds. The van der Waals surface area contributed by atoms with E-state index in [9.17, 15) is 24.9 Å². The maximum Gasteiger partial charge on any atom is 0.338 e. The van der Waals surface area contributed by atoms with E-state index < -0.39 is 34.6 Å². The molecule has 6 nitrogen and oxygen atoms in total. The highest BCUT2D eigenvalue weighted by Crippen LogP contribution is 2.33. The average molecular weight is 302 g/mol. The SMILES string of the molecule is COC(=O)c1cc(C)cc(O)c1C(=O)c1c(O)cccc1O. The fraction of sp³-hybridized carbons (Fsp3) is 0.125. The fourth-order valence-corrected chi connectivity index (χ4v) is 2.16. The second kappa shape index (κ2) is 5.77. The molecule has 3 N–H and O–H groups in total. The third-order valence-electron chi connectivity index (χ3n) is 3.14. The van der Waals surface area contributed by atoms with Crippen molar-refractivity contribution in [1.29, 1.82) is 0 Å². The van der Waals surface area contributed by atoms with Crippen LogP contribution in [0.15, 0.2) is 30.3 Å². The molecule has 2 aromatic rings. The van der Waals surface area contributed by atoms with Crippen LogP contribution in [0, 0.1) is 6.92 Å². The Kier molecular flexibility index (Phi) is 4.03. The molecule has 0 saturated heterocycles. The molecule has 22 heavy (non-hydrogen) atoms. The molecule has 0 heterocycles. The molecular formula is C16H14O6. The number of carbonyl (C=O) groups is 2. The van der Waals surface area contributed by atoms with Gasteiger partial charge in [0.25, 0.3) is 0 Å². The summed E-state index contributed by atoms with van der Waals surface area (Å²) in [7, 11) is 1.15. The maximum atomic E-state index is 12.6. The molecule has 0 fully saturated rings. The monoisotopic (exact) mass is 302 g/mol. The van der Waals surface area contributed by atoms with Crippen LogP contribution in [0.1, 0.15) is 31.8 Å². The molecule has 0 aliphatic carbocycles. The Labute approximate surface area is 126 Å². The van der Waals surface area contributed by atoms with Gasteiger partial charge in [-0.2, -0.15) is 0 Å². The number of aromatic hydroxyl groups is 3. The Hall–Kier alpha value is -3.02. The molecule has 0 aliphatic rings. The Morgan fingerprint density at radius 3 is 2.09 bits per heavy atom. The Morgan fingerprint density at radius 1 is 0.955 bits per heavy atom. The first-order chi connectivity index (χ1) is 10.4. The summed E-state index contributed by atoms with van der Waals surface area (Å²) in [6.45, 7) is 1.64. The highest BCUT2D eigenvalue weighted by molar-refractivity contribution is 6.18. The van der Waals surface area contributed by atoms with Gasteiger partial charge in [-0.3, -0.25) is 4.79 Å². The van der Waals surface area contributed by atoms with E-state index in [0.717, 1.165) is 7.11 Å². The van der Waals surface area contributed by atoms with Gasteiger partial charge in [0, 0.05) is 0 Å². The van der Waals surface area contributed by atoms with Crippen molar-refractivity contribution in [1.82, 2.24) is 0 Å². The predicted molar refractivity (Wildman–Crippen MR) is 77.4 cm³/mol. The van der Waals surface area contributed by atoms with Gasteiger partial charge in [0.2, 0.25) is 5.78 Å². The molecule has 0 radical (unpaired) electrons. The van der Waals surface area contributed by atoms with Crippen molar-refractivity contribution in [3.8, 4) is 17.2 Å². The summed E-state index contributed by atoms with van der Waals surface area (Å²) in [6.07, 6.45) is 0. The lowest BCUT2D eigenvalue weighted by Gasteiger charge is -2.12. The summed E-state index contributed by atoms with van der Waals surface area (Å²) in [6, 6.07) is 6.48. The minimum atomic E-state index is -0.881. The minimum absolute atomic E-state index is 0.146. The molecule has 0 aromatic heterocycles. The predicted octanol–water partition coefficient (Wildman–Crippen LogP) is 2.13. The number of ketones is 1. The first-order valence-electron chi connectivity index (χ1n) is 6.34. The number of phenols is 3. The topological polar surface area (TPSA) is 104 Å². The van der Waals surface area contributed by atoms with Crippen LogP contribution < -0.4 is 0 Å². The van der Waals surface area contributed by atoms with Crippen molar-refractivity contribution in [3.63, 3.8) is 0 Å². The Bertz CT molecular complexity index is 743. The van der Waals surface area contributed by atoms with Crippen LogP contribution in [0.2, 0.25) is 0 Å². The molecule has 114 valence electrons. The summed E-state index contributed by atoms with van der Waals surface area (Å²) in [5.74, 6) is -3.04. The Balaban J connectivity index is 2.71. The zero-order chi connectivity index (χ0) is 16.4. The molecule has 0 aliphatic heterocycles. The normalized spacial score (nSPS) is 10.3. The minimum Gasteiger partial charge on any atom is -0.507 e. The number of hydrogen-bond donors (Lipinski definition) is 3. The van der Waals surface area contributed by atoms with E-state index in [1.165, 1.54) is 30.3 Å². The number of phenolic OH excluding ortho intramolecular Hbond substituents is 3. The molecule has 0 atom stereocenters. The molecule has 0 saturated carbocycles. The van der Waals surface area contributed by atoms with E-state index in [1.54, 1.807) is 6.92 Å². The van der Waals surface area contributed by atoms with E-state index in [2.05, 4.69) is 4.74 Å². The van der Waals surface area contributed by atoms with Gasteiger partial charge in [0.15, 0.2) is 0 Å². The largest absolute Gasteiger partial charge is 0.507 e. The maximum absolute atomic E-state index is 12.6. The standard InChI is InChI=1S/C16H14O6/c1-8-6-9(16(21)22-2)13(12(19)7-8)15(20)14-10(17)4-3-5-11(14)18/h3-7,17-19H,1-2H3. The van der Waals surface area contributed by atoms with Crippen LogP contribution >= 0.6 is 0 Å². The van der Waals surface area contributed by atoms with Gasteiger partial charge in [-0.1, -0.05) is 6.07 Å². The van der Waals surface area contributed by atoms with Crippen LogP contribution in [0.4, 0.5) is 0 Å². The summed E-state index contributed by atoms with van der Waals surface area (Å²) < 4.78 is 4.61. The lowest BCUT2D eigenvalue weighted by atomic mass is 9.94. The van der Waals surface area contributed by atoms with Crippen LogP contribution in [0.3, 0.4) is 0 Å². The van der Waals surface area contributed by atoms with Crippen LogP contribution in [0.25, 0.3) is 0 Å². The molecule has 0 spiro atoms. The van der Waals surface area contributed by atoms with E-state index in [4.69, 9.17) is 0 Å². The van der Waals surface area contributed by atoms with Gasteiger partial charge >= 0.3 is 5.97 Å². The number of rotatable bonds is 3. The number of benzene rings is 2. The quantitative estimate of drug-likeness (QED) is 0.592. The van der Waals surface area contributed by atoms with Crippen molar-refractivity contribution in [2.45, 2.75) is 6.92 Å². The molecular weight excluding hydrogens is 288 g/mol. The smallest absolute Gasteiger partial charge is 0.338 e. The highest BCUT2D eigenvalue weighted by Gasteiger charge is 2.27. The molecule has 0 unspecified atom stereocenters. The number of carbonyl (C=O) groups excluding carboxylic acids is 2. The number of esters is 1. The van der Waals surface area contributed by atoms with E-state index in [1.807, 2.05) is 0 Å². The van der Waals surface area contributed by atoms with Crippen LogP contribution in [0.5, 0.6) is 17.2 Å². The number of hydrogen-bond acceptors (Lipinski definition) is 6. The molecule has 2 rings (SSSR count). The van der Waals surface area contributed by atoms with E-state index >= 15 is 0 Å². The average Bonchev–Trinajstić information content (AvgIpc) is 2.45. The van der Waals surface area contributed by atoms with Gasteiger partial charge < -0.3 is 20.1 Å². The molecule has 0 bridgehead atoms. The molecule has 2 aromatic carbocycles. The lowest BCUT2D eigenvalue weighted by molar-refractivity contribution is 0.0596. The summed E-state index contributed by atoms with van der Waals surface area (Å²) in [5, 5.41) is 29.6. The van der Waals surface area contributed by atoms with Crippen molar-refractivity contribution in [3.05, 3.63) is 52.6 Å². The van der Waals surface area contributed by atoms with Crippen LogP contribution in [-0.2, 0) is 4.74 Å². The van der Waals surface area contributed by atoms with E-state index in [-0.39, 0.29) is 11.1 Å². The first kappa shape index (κ1) is 15.4. The third-order valence-corrected chi connectivity index (χ3v) is 3.14. The van der Waals surface area contributed by atoms with Gasteiger partial charge in [-0.15, -0.1) is 0 Å². The van der Waals surface area contributed by atoms with Gasteiger partial charge in [-0.05, 0) is 36.8 Å². The zero-order valence-electron chi connectivity index (χ0n) is 12.0. The highest BCUT2D eigenvalue weighted by atomic mass is 16.5. The zero-order valence-corrected chi connectivity index (χ0v) is 12.0. The summed E-state index contributed by atoms with van der Waals surface area (Å²) in [4.78, 5) is 24.4. The molecule has 6 heteroatoms. The number of ether oxygens (including phenoxy) is 1. The first-order valence-corrected chi connectivity index (χ1v) is 6.34. The van der Waals surface area contributed by atoms with Gasteiger partial charge in [-0.25, -0.2) is 4.79 Å². The van der Waals surface area contributed by atoms with Gasteiger partial charge in [0.05, 0.1) is 18.2 Å². The lowest BCUT2D eigenvalue weighted by Crippen LogP contribution is -2.12. The van der Waals surface area contributed by atoms with Crippen molar-refractivity contribution in [2.75, 3.05) is 7.11 Å². The van der Waals surface area contributed by atoms with Crippen molar-refractivity contribution < 1.29 is 29.6 Å². The number of aryl methyl sites for hydroxylation is 1.